The summed E-state index contributed by atoms with van der Waals surface area (Å²) in [6.45, 7) is 11.6. The van der Waals surface area contributed by atoms with Gasteiger partial charge in [-0.2, -0.15) is 4.52 Å². The van der Waals surface area contributed by atoms with Crippen LogP contribution < -0.4 is 0 Å². The third-order valence-corrected chi connectivity index (χ3v) is 4.28. The highest BCUT2D eigenvalue weighted by Crippen LogP contribution is 2.26. The minimum absolute atomic E-state index is 0.586. The monoisotopic (exact) mass is 343 g/mol. The predicted octanol–water partition coefficient (Wildman–Crippen LogP) is 2.85. The summed E-state index contributed by atoms with van der Waals surface area (Å²) in [5, 5.41) is 16.1. The molecule has 134 valence electrons. The van der Waals surface area contributed by atoms with Crippen LogP contribution in [0.2, 0.25) is 0 Å². The molecule has 0 aromatic carbocycles. The molecule has 0 unspecified atom stereocenters. The first kappa shape index (κ1) is 17.3. The summed E-state index contributed by atoms with van der Waals surface area (Å²) in [7, 11) is 0. The van der Waals surface area contributed by atoms with Gasteiger partial charge in [-0.05, 0) is 50.1 Å². The maximum atomic E-state index is 5.33. The summed E-state index contributed by atoms with van der Waals surface area (Å²) in [6, 6.07) is 0. The van der Waals surface area contributed by atoms with Crippen LogP contribution in [-0.2, 0) is 17.8 Å². The Morgan fingerprint density at radius 1 is 1.24 bits per heavy atom. The van der Waals surface area contributed by atoms with E-state index in [1.807, 2.05) is 20.8 Å². The number of tetrazole rings is 1. The summed E-state index contributed by atoms with van der Waals surface area (Å²) in [5.41, 5.74) is 5.84. The SMILES string of the molecule is CCCc1nc2c(c(C)c(C)n3nnnc23)n1CCCON=C(C)C. The summed E-state index contributed by atoms with van der Waals surface area (Å²) in [4.78, 5) is 10.2. The molecule has 3 aromatic rings. The van der Waals surface area contributed by atoms with Gasteiger partial charge in [-0.25, -0.2) is 4.98 Å². The van der Waals surface area contributed by atoms with Gasteiger partial charge in [-0.3, -0.25) is 0 Å². The van der Waals surface area contributed by atoms with Crippen molar-refractivity contribution in [3.8, 4) is 0 Å². The van der Waals surface area contributed by atoms with E-state index in [9.17, 15) is 0 Å². The van der Waals surface area contributed by atoms with Crippen molar-refractivity contribution in [2.24, 2.45) is 5.16 Å². The summed E-state index contributed by atoms with van der Waals surface area (Å²) < 4.78 is 4.06. The predicted molar refractivity (Wildman–Crippen MR) is 96.9 cm³/mol. The second-order valence-corrected chi connectivity index (χ2v) is 6.48. The average molecular weight is 343 g/mol. The molecule has 0 bridgehead atoms. The first-order valence-corrected chi connectivity index (χ1v) is 8.74. The number of aromatic nitrogens is 6. The Kier molecular flexibility index (Phi) is 4.96. The second-order valence-electron chi connectivity index (χ2n) is 6.48. The fourth-order valence-electron chi connectivity index (χ4n) is 3.04. The lowest BCUT2D eigenvalue weighted by molar-refractivity contribution is 0.138. The van der Waals surface area contributed by atoms with Crippen molar-refractivity contribution < 1.29 is 4.84 Å². The lowest BCUT2D eigenvalue weighted by Gasteiger charge is -2.11. The standard InChI is InChI=1S/C17H25N7O/c1-6-8-14-18-15-16(23(14)9-7-10-25-20-11(2)3)12(4)13(5)24-17(15)19-21-22-24/h6-10H2,1-5H3. The Balaban J connectivity index is 2.01. The lowest BCUT2D eigenvalue weighted by Crippen LogP contribution is -2.08. The van der Waals surface area contributed by atoms with Crippen LogP contribution in [0.25, 0.3) is 16.7 Å². The Morgan fingerprint density at radius 3 is 2.76 bits per heavy atom. The molecular formula is C17H25N7O. The van der Waals surface area contributed by atoms with Crippen LogP contribution in [0.15, 0.2) is 5.16 Å². The highest BCUT2D eigenvalue weighted by molar-refractivity contribution is 5.91. The zero-order chi connectivity index (χ0) is 18.0. The summed E-state index contributed by atoms with van der Waals surface area (Å²) in [5.74, 6) is 1.08. The van der Waals surface area contributed by atoms with Gasteiger partial charge in [0.15, 0.2) is 0 Å². The van der Waals surface area contributed by atoms with Gasteiger partial charge in [0.1, 0.15) is 17.9 Å². The minimum atomic E-state index is 0.586. The number of fused-ring (bicyclic) bond motifs is 3. The van der Waals surface area contributed by atoms with Crippen LogP contribution in [0.5, 0.6) is 0 Å². The van der Waals surface area contributed by atoms with E-state index >= 15 is 0 Å². The number of hydrogen-bond donors (Lipinski definition) is 0. The van der Waals surface area contributed by atoms with Crippen molar-refractivity contribution in [2.45, 2.75) is 60.4 Å². The van der Waals surface area contributed by atoms with Crippen molar-refractivity contribution in [1.82, 2.24) is 29.6 Å². The number of rotatable bonds is 7. The van der Waals surface area contributed by atoms with E-state index in [2.05, 4.69) is 39.1 Å². The van der Waals surface area contributed by atoms with Crippen molar-refractivity contribution in [2.75, 3.05) is 6.61 Å². The normalized spacial score (nSPS) is 11.4. The number of aryl methyl sites for hydroxylation is 4. The smallest absolute Gasteiger partial charge is 0.207 e. The van der Waals surface area contributed by atoms with E-state index < -0.39 is 0 Å². The number of nitrogens with zero attached hydrogens (tertiary/aromatic N) is 7. The van der Waals surface area contributed by atoms with Crippen molar-refractivity contribution in [1.29, 1.82) is 0 Å². The van der Waals surface area contributed by atoms with Gasteiger partial charge < -0.3 is 9.40 Å². The van der Waals surface area contributed by atoms with Gasteiger partial charge in [0, 0.05) is 25.1 Å². The zero-order valence-electron chi connectivity index (χ0n) is 15.6. The van der Waals surface area contributed by atoms with Gasteiger partial charge >= 0.3 is 0 Å². The van der Waals surface area contributed by atoms with Crippen LogP contribution in [0.3, 0.4) is 0 Å². The maximum absolute atomic E-state index is 5.33. The molecule has 8 nitrogen and oxygen atoms in total. The van der Waals surface area contributed by atoms with Crippen molar-refractivity contribution in [3.63, 3.8) is 0 Å². The molecule has 0 aliphatic carbocycles. The molecule has 3 rings (SSSR count). The molecule has 0 N–H and O–H groups in total. The number of oxime groups is 1. The van der Waals surface area contributed by atoms with E-state index in [1.54, 1.807) is 4.52 Å². The highest BCUT2D eigenvalue weighted by atomic mass is 16.6. The molecule has 0 fully saturated rings. The average Bonchev–Trinajstić information content (AvgIpc) is 3.18. The van der Waals surface area contributed by atoms with E-state index in [-0.39, 0.29) is 0 Å². The van der Waals surface area contributed by atoms with Gasteiger partial charge in [-0.1, -0.05) is 12.1 Å². The van der Waals surface area contributed by atoms with Crippen LogP contribution in [0.4, 0.5) is 0 Å². The highest BCUT2D eigenvalue weighted by Gasteiger charge is 2.19. The molecular weight excluding hydrogens is 318 g/mol. The van der Waals surface area contributed by atoms with Crippen LogP contribution >= 0.6 is 0 Å². The van der Waals surface area contributed by atoms with E-state index in [0.29, 0.717) is 6.61 Å². The zero-order valence-corrected chi connectivity index (χ0v) is 15.6. The molecule has 0 saturated heterocycles. The quantitative estimate of drug-likeness (QED) is 0.374. The Morgan fingerprint density at radius 2 is 2.04 bits per heavy atom. The Labute approximate surface area is 146 Å². The van der Waals surface area contributed by atoms with E-state index in [1.165, 1.54) is 0 Å². The molecule has 0 spiro atoms. The largest absolute Gasteiger partial charge is 0.396 e. The molecule has 0 atom stereocenters. The number of hydrogen-bond acceptors (Lipinski definition) is 6. The van der Waals surface area contributed by atoms with Crippen LogP contribution in [0.1, 0.15) is 50.7 Å². The second kappa shape index (κ2) is 7.16. The molecule has 8 heteroatoms. The summed E-state index contributed by atoms with van der Waals surface area (Å²) >= 11 is 0. The molecule has 0 amide bonds. The number of pyridine rings is 1. The summed E-state index contributed by atoms with van der Waals surface area (Å²) in [6.07, 6.45) is 2.83. The van der Waals surface area contributed by atoms with Gasteiger partial charge in [0.2, 0.25) is 5.65 Å². The molecule has 3 heterocycles. The van der Waals surface area contributed by atoms with E-state index in [4.69, 9.17) is 9.82 Å². The van der Waals surface area contributed by atoms with Gasteiger partial charge in [-0.15, -0.1) is 5.10 Å². The first-order chi connectivity index (χ1) is 12.0. The molecule has 0 saturated carbocycles. The fourth-order valence-corrected chi connectivity index (χ4v) is 3.04. The number of imidazole rings is 1. The molecule has 3 aromatic heterocycles. The first-order valence-electron chi connectivity index (χ1n) is 8.74. The van der Waals surface area contributed by atoms with Gasteiger partial charge in [0.25, 0.3) is 0 Å². The molecule has 25 heavy (non-hydrogen) atoms. The van der Waals surface area contributed by atoms with Crippen LogP contribution in [-0.4, -0.2) is 41.9 Å². The third-order valence-electron chi connectivity index (χ3n) is 4.28. The van der Waals surface area contributed by atoms with Crippen molar-refractivity contribution >= 4 is 22.4 Å². The topological polar surface area (TPSA) is 82.5 Å². The van der Waals surface area contributed by atoms with E-state index in [0.717, 1.165) is 65.3 Å². The Hall–Kier alpha value is -2.51. The van der Waals surface area contributed by atoms with Crippen molar-refractivity contribution in [3.05, 3.63) is 17.1 Å². The van der Waals surface area contributed by atoms with Gasteiger partial charge in [0.05, 0.1) is 11.2 Å². The van der Waals surface area contributed by atoms with Crippen LogP contribution in [0, 0.1) is 13.8 Å². The minimum Gasteiger partial charge on any atom is -0.396 e. The molecule has 0 radical (unpaired) electrons. The fraction of sp³-hybridized carbons (Fsp3) is 0.588. The third kappa shape index (κ3) is 3.20. The molecule has 0 aliphatic heterocycles. The Bertz CT molecular complexity index is 918. The lowest BCUT2D eigenvalue weighted by atomic mass is 10.2. The maximum Gasteiger partial charge on any atom is 0.207 e. The molecule has 0 aliphatic rings.